The normalized spacial score (nSPS) is 11.2. The Hall–Kier alpha value is -0.830. The van der Waals surface area contributed by atoms with E-state index in [1.165, 1.54) is 83.5 Å². The van der Waals surface area contributed by atoms with Crippen LogP contribution >= 0.6 is 0 Å². The molecule has 140 valence electrons. The Morgan fingerprint density at radius 1 is 0.750 bits per heavy atom. The van der Waals surface area contributed by atoms with Gasteiger partial charge in [-0.15, -0.1) is 0 Å². The molecule has 0 amide bonds. The van der Waals surface area contributed by atoms with Gasteiger partial charge in [-0.1, -0.05) is 78.1 Å². The Labute approximate surface area is 150 Å². The first-order chi connectivity index (χ1) is 11.9. The van der Waals surface area contributed by atoms with Crippen LogP contribution in [0.4, 0.5) is 0 Å². The molecule has 0 spiro atoms. The number of imidazole rings is 1. The van der Waals surface area contributed by atoms with E-state index in [0.717, 1.165) is 13.2 Å². The van der Waals surface area contributed by atoms with E-state index < -0.39 is 0 Å². The molecular formula is C21H41N2O+. The van der Waals surface area contributed by atoms with Crippen LogP contribution in [-0.2, 0) is 18.0 Å². The Bertz CT molecular complexity index is 376. The van der Waals surface area contributed by atoms with Gasteiger partial charge in [0.05, 0.1) is 13.2 Å². The first-order valence-corrected chi connectivity index (χ1v) is 10.5. The molecule has 0 radical (unpaired) electrons. The zero-order valence-electron chi connectivity index (χ0n) is 16.3. The first kappa shape index (κ1) is 21.2. The second-order valence-electron chi connectivity index (χ2n) is 7.09. The highest BCUT2D eigenvalue weighted by Crippen LogP contribution is 2.09. The van der Waals surface area contributed by atoms with Crippen LogP contribution < -0.4 is 4.57 Å². The van der Waals surface area contributed by atoms with E-state index in [0.29, 0.717) is 6.73 Å². The van der Waals surface area contributed by atoms with Crippen LogP contribution in [0.1, 0.15) is 97.3 Å². The molecule has 0 atom stereocenters. The van der Waals surface area contributed by atoms with Crippen LogP contribution in [0.3, 0.4) is 0 Å². The van der Waals surface area contributed by atoms with Crippen molar-refractivity contribution in [3.05, 3.63) is 18.7 Å². The van der Waals surface area contributed by atoms with Gasteiger partial charge in [0.2, 0.25) is 6.33 Å². The molecule has 1 aromatic heterocycles. The van der Waals surface area contributed by atoms with Gasteiger partial charge in [0.1, 0.15) is 12.4 Å². The van der Waals surface area contributed by atoms with Gasteiger partial charge in [-0.05, 0) is 19.3 Å². The molecule has 0 saturated carbocycles. The van der Waals surface area contributed by atoms with Crippen molar-refractivity contribution < 1.29 is 9.30 Å². The number of ether oxygens (including phenoxy) is 1. The van der Waals surface area contributed by atoms with Crippen LogP contribution in [0.5, 0.6) is 0 Å². The summed E-state index contributed by atoms with van der Waals surface area (Å²) >= 11 is 0. The zero-order chi connectivity index (χ0) is 17.3. The second kappa shape index (κ2) is 15.7. The molecule has 0 aliphatic heterocycles. The molecule has 0 fully saturated rings. The van der Waals surface area contributed by atoms with E-state index in [1.54, 1.807) is 0 Å². The van der Waals surface area contributed by atoms with E-state index >= 15 is 0 Å². The number of hydrogen-bond donors (Lipinski definition) is 0. The summed E-state index contributed by atoms with van der Waals surface area (Å²) in [4.78, 5) is 0. The molecule has 0 bridgehead atoms. The molecular weight excluding hydrogens is 296 g/mol. The molecule has 3 nitrogen and oxygen atoms in total. The molecule has 1 heterocycles. The maximum absolute atomic E-state index is 5.79. The molecule has 1 rings (SSSR count). The average molecular weight is 338 g/mol. The lowest BCUT2D eigenvalue weighted by Gasteiger charge is -2.03. The Morgan fingerprint density at radius 2 is 1.33 bits per heavy atom. The quantitative estimate of drug-likeness (QED) is 0.257. The van der Waals surface area contributed by atoms with Crippen molar-refractivity contribution in [3.8, 4) is 0 Å². The second-order valence-corrected chi connectivity index (χ2v) is 7.09. The maximum Gasteiger partial charge on any atom is 0.245 e. The van der Waals surface area contributed by atoms with Gasteiger partial charge in [0.25, 0.3) is 0 Å². The number of unbranched alkanes of at least 4 members (excludes halogenated alkanes) is 11. The third-order valence-corrected chi connectivity index (χ3v) is 4.65. The van der Waals surface area contributed by atoms with Crippen LogP contribution in [-0.4, -0.2) is 11.2 Å². The SMILES string of the molecule is CCCCCCCCCCCOC[n+]1ccn(CCCCCC)c1. The molecule has 0 unspecified atom stereocenters. The van der Waals surface area contributed by atoms with E-state index in [2.05, 4.69) is 41.7 Å². The lowest BCUT2D eigenvalue weighted by atomic mass is 10.1. The van der Waals surface area contributed by atoms with Gasteiger partial charge in [-0.3, -0.25) is 0 Å². The monoisotopic (exact) mass is 337 g/mol. The Morgan fingerprint density at radius 3 is 2.00 bits per heavy atom. The number of rotatable bonds is 17. The van der Waals surface area contributed by atoms with Crippen molar-refractivity contribution >= 4 is 0 Å². The van der Waals surface area contributed by atoms with E-state index in [-0.39, 0.29) is 0 Å². The lowest BCUT2D eigenvalue weighted by molar-refractivity contribution is -0.732. The van der Waals surface area contributed by atoms with Gasteiger partial charge in [-0.2, -0.15) is 0 Å². The lowest BCUT2D eigenvalue weighted by Crippen LogP contribution is -2.32. The van der Waals surface area contributed by atoms with E-state index in [1.807, 2.05) is 0 Å². The number of aromatic nitrogens is 2. The maximum atomic E-state index is 5.79. The standard InChI is InChI=1S/C21H41N2O/c1-3-5-7-9-10-11-12-13-15-19-24-21-23-18-17-22(20-23)16-14-8-6-4-2/h17-18,20H,3-16,19,21H2,1-2H3/q+1. The minimum Gasteiger partial charge on any atom is -0.342 e. The summed E-state index contributed by atoms with van der Waals surface area (Å²) in [5, 5.41) is 0. The summed E-state index contributed by atoms with van der Waals surface area (Å²) in [7, 11) is 0. The minimum atomic E-state index is 0.693. The molecule has 0 aliphatic carbocycles. The van der Waals surface area contributed by atoms with Crippen LogP contribution in [0.15, 0.2) is 18.7 Å². The molecule has 0 aliphatic rings. The molecule has 3 heteroatoms. The Kier molecular flexibility index (Phi) is 13.9. The van der Waals surface area contributed by atoms with Crippen LogP contribution in [0.25, 0.3) is 0 Å². The largest absolute Gasteiger partial charge is 0.342 e. The van der Waals surface area contributed by atoms with Gasteiger partial charge in [0, 0.05) is 0 Å². The highest BCUT2D eigenvalue weighted by atomic mass is 16.5. The summed E-state index contributed by atoms with van der Waals surface area (Å²) in [5.41, 5.74) is 0. The van der Waals surface area contributed by atoms with Gasteiger partial charge < -0.3 is 4.74 Å². The Balaban J connectivity index is 1.90. The van der Waals surface area contributed by atoms with Crippen molar-refractivity contribution in [2.45, 2.75) is 111 Å². The van der Waals surface area contributed by atoms with Crippen molar-refractivity contribution in [3.63, 3.8) is 0 Å². The van der Waals surface area contributed by atoms with Crippen molar-refractivity contribution in [1.82, 2.24) is 4.57 Å². The summed E-state index contributed by atoms with van der Waals surface area (Å²) in [6.07, 6.45) is 24.0. The van der Waals surface area contributed by atoms with Crippen LogP contribution in [0, 0.1) is 0 Å². The average Bonchev–Trinajstić information content (AvgIpc) is 3.04. The highest BCUT2D eigenvalue weighted by molar-refractivity contribution is 4.65. The first-order valence-electron chi connectivity index (χ1n) is 10.5. The van der Waals surface area contributed by atoms with Crippen LogP contribution in [0.2, 0.25) is 0 Å². The fraction of sp³-hybridized carbons (Fsp3) is 0.857. The molecule has 0 saturated heterocycles. The van der Waals surface area contributed by atoms with Crippen molar-refractivity contribution in [1.29, 1.82) is 0 Å². The third-order valence-electron chi connectivity index (χ3n) is 4.65. The number of nitrogens with zero attached hydrogens (tertiary/aromatic N) is 2. The third kappa shape index (κ3) is 11.7. The van der Waals surface area contributed by atoms with E-state index in [9.17, 15) is 0 Å². The van der Waals surface area contributed by atoms with Gasteiger partial charge in [-0.25, -0.2) is 9.13 Å². The van der Waals surface area contributed by atoms with Crippen molar-refractivity contribution in [2.24, 2.45) is 0 Å². The van der Waals surface area contributed by atoms with Gasteiger partial charge in [0.15, 0.2) is 6.73 Å². The zero-order valence-corrected chi connectivity index (χ0v) is 16.3. The summed E-state index contributed by atoms with van der Waals surface area (Å²) in [6, 6.07) is 0. The fourth-order valence-electron chi connectivity index (χ4n) is 3.05. The summed E-state index contributed by atoms with van der Waals surface area (Å²) in [5.74, 6) is 0. The highest BCUT2D eigenvalue weighted by Gasteiger charge is 2.03. The molecule has 0 aromatic carbocycles. The summed E-state index contributed by atoms with van der Waals surface area (Å²) < 4.78 is 10.2. The summed E-state index contributed by atoms with van der Waals surface area (Å²) in [6.45, 7) is 7.25. The predicted molar refractivity (Wildman–Crippen MR) is 102 cm³/mol. The van der Waals surface area contributed by atoms with Crippen molar-refractivity contribution in [2.75, 3.05) is 6.61 Å². The number of hydrogen-bond acceptors (Lipinski definition) is 1. The number of aryl methyl sites for hydroxylation is 1. The molecule has 1 aromatic rings. The van der Waals surface area contributed by atoms with Gasteiger partial charge >= 0.3 is 0 Å². The predicted octanol–water partition coefficient (Wildman–Crippen LogP) is 5.86. The topological polar surface area (TPSA) is 18.0 Å². The fourth-order valence-corrected chi connectivity index (χ4v) is 3.05. The molecule has 0 N–H and O–H groups in total. The molecule has 24 heavy (non-hydrogen) atoms. The van der Waals surface area contributed by atoms with E-state index in [4.69, 9.17) is 4.74 Å². The minimum absolute atomic E-state index is 0.693. The smallest absolute Gasteiger partial charge is 0.245 e.